The summed E-state index contributed by atoms with van der Waals surface area (Å²) in [4.78, 5) is 31.5. The Bertz CT molecular complexity index is 570. The second-order valence-corrected chi connectivity index (χ2v) is 5.80. The molecule has 0 aliphatic carbocycles. The molecule has 1 aromatic rings. The van der Waals surface area contributed by atoms with Crippen LogP contribution in [0.25, 0.3) is 0 Å². The summed E-state index contributed by atoms with van der Waals surface area (Å²) in [7, 11) is 1.72. The van der Waals surface area contributed by atoms with Crippen LogP contribution in [0, 0.1) is 0 Å². The second-order valence-electron chi connectivity index (χ2n) is 5.80. The van der Waals surface area contributed by atoms with Gasteiger partial charge in [0.25, 0.3) is 0 Å². The molecular weight excluding hydrogens is 272 g/mol. The summed E-state index contributed by atoms with van der Waals surface area (Å²) in [6.45, 7) is 3.99. The van der Waals surface area contributed by atoms with E-state index in [1.807, 2.05) is 17.7 Å². The standard InChI is InChI=1S/C14H20N4O3/c1-3-11-15-5-7-17(11)8-12(19)18-6-4-14(10-18)9-16(2)13(20)21-14/h5,7H,3-4,6,8-10H2,1-2H3/t14-/m1/s1. The van der Waals surface area contributed by atoms with Crippen molar-refractivity contribution in [2.45, 2.75) is 31.9 Å². The molecule has 0 bridgehead atoms. The Morgan fingerprint density at radius 3 is 2.95 bits per heavy atom. The molecule has 1 spiro atoms. The molecule has 3 heterocycles. The number of nitrogens with zero attached hydrogens (tertiary/aromatic N) is 4. The minimum Gasteiger partial charge on any atom is -0.439 e. The molecule has 114 valence electrons. The third-order valence-electron chi connectivity index (χ3n) is 4.23. The van der Waals surface area contributed by atoms with Crippen molar-refractivity contribution in [3.63, 3.8) is 0 Å². The predicted molar refractivity (Wildman–Crippen MR) is 74.6 cm³/mol. The summed E-state index contributed by atoms with van der Waals surface area (Å²) < 4.78 is 7.33. The molecule has 0 radical (unpaired) electrons. The van der Waals surface area contributed by atoms with E-state index in [2.05, 4.69) is 4.98 Å². The smallest absolute Gasteiger partial charge is 0.410 e. The van der Waals surface area contributed by atoms with E-state index in [1.165, 1.54) is 0 Å². The molecule has 2 aliphatic heterocycles. The van der Waals surface area contributed by atoms with Gasteiger partial charge >= 0.3 is 6.09 Å². The molecule has 0 N–H and O–H groups in total. The number of aryl methyl sites for hydroxylation is 1. The topological polar surface area (TPSA) is 67.7 Å². The third-order valence-corrected chi connectivity index (χ3v) is 4.23. The van der Waals surface area contributed by atoms with Gasteiger partial charge in [0.2, 0.25) is 5.91 Å². The van der Waals surface area contributed by atoms with E-state index in [4.69, 9.17) is 4.74 Å². The van der Waals surface area contributed by atoms with E-state index in [9.17, 15) is 9.59 Å². The predicted octanol–water partition coefficient (Wildman–Crippen LogP) is 0.499. The molecule has 2 saturated heterocycles. The zero-order valence-corrected chi connectivity index (χ0v) is 12.4. The maximum Gasteiger partial charge on any atom is 0.410 e. The molecule has 7 heteroatoms. The van der Waals surface area contributed by atoms with Crippen LogP contribution in [0.2, 0.25) is 0 Å². The number of likely N-dealkylation sites (N-methyl/N-ethyl adjacent to an activating group) is 1. The van der Waals surface area contributed by atoms with E-state index in [-0.39, 0.29) is 12.0 Å². The van der Waals surface area contributed by atoms with E-state index in [0.717, 1.165) is 12.2 Å². The van der Waals surface area contributed by atoms with Crippen molar-refractivity contribution in [1.82, 2.24) is 19.4 Å². The van der Waals surface area contributed by atoms with Gasteiger partial charge in [0.1, 0.15) is 12.4 Å². The maximum absolute atomic E-state index is 12.4. The molecule has 2 fully saturated rings. The van der Waals surface area contributed by atoms with Gasteiger partial charge in [0, 0.05) is 38.8 Å². The van der Waals surface area contributed by atoms with Gasteiger partial charge in [0.15, 0.2) is 5.60 Å². The largest absolute Gasteiger partial charge is 0.439 e. The first kappa shape index (κ1) is 13.9. The van der Waals surface area contributed by atoms with Crippen molar-refractivity contribution < 1.29 is 14.3 Å². The average molecular weight is 292 g/mol. The quantitative estimate of drug-likeness (QED) is 0.813. The van der Waals surface area contributed by atoms with E-state index in [1.54, 1.807) is 23.0 Å². The number of likely N-dealkylation sites (tertiary alicyclic amines) is 1. The van der Waals surface area contributed by atoms with Crippen LogP contribution >= 0.6 is 0 Å². The maximum atomic E-state index is 12.4. The summed E-state index contributed by atoms with van der Waals surface area (Å²) in [5.41, 5.74) is -0.510. The molecule has 0 aromatic carbocycles. The van der Waals surface area contributed by atoms with Gasteiger partial charge in [-0.25, -0.2) is 9.78 Å². The molecule has 2 aliphatic rings. The summed E-state index contributed by atoms with van der Waals surface area (Å²) in [6.07, 6.45) is 4.75. The fourth-order valence-corrected chi connectivity index (χ4v) is 3.11. The van der Waals surface area contributed by atoms with Gasteiger partial charge in [-0.3, -0.25) is 4.79 Å². The zero-order chi connectivity index (χ0) is 15.0. The lowest BCUT2D eigenvalue weighted by atomic mass is 10.0. The number of ether oxygens (including phenoxy) is 1. The van der Waals surface area contributed by atoms with Gasteiger partial charge in [0.05, 0.1) is 13.1 Å². The number of carbonyl (C=O) groups is 2. The Kier molecular flexibility index (Phi) is 3.35. The van der Waals surface area contributed by atoms with Crippen molar-refractivity contribution in [3.8, 4) is 0 Å². The fourth-order valence-electron chi connectivity index (χ4n) is 3.11. The molecule has 2 amide bonds. The number of carbonyl (C=O) groups excluding carboxylic acids is 2. The minimum atomic E-state index is -0.510. The first-order chi connectivity index (χ1) is 10.0. The van der Waals surface area contributed by atoms with Crippen molar-refractivity contribution in [3.05, 3.63) is 18.2 Å². The van der Waals surface area contributed by atoms with Crippen LogP contribution in [-0.4, -0.2) is 63.6 Å². The number of rotatable bonds is 3. The highest BCUT2D eigenvalue weighted by Gasteiger charge is 2.49. The van der Waals surface area contributed by atoms with E-state index < -0.39 is 5.60 Å². The highest BCUT2D eigenvalue weighted by Crippen LogP contribution is 2.31. The second kappa shape index (κ2) is 5.05. The summed E-state index contributed by atoms with van der Waals surface area (Å²) >= 11 is 0. The summed E-state index contributed by atoms with van der Waals surface area (Å²) in [5, 5.41) is 0. The van der Waals surface area contributed by atoms with E-state index >= 15 is 0 Å². The Morgan fingerprint density at radius 2 is 2.29 bits per heavy atom. The zero-order valence-electron chi connectivity index (χ0n) is 12.4. The van der Waals surface area contributed by atoms with Gasteiger partial charge in [-0.2, -0.15) is 0 Å². The first-order valence-electron chi connectivity index (χ1n) is 7.25. The Balaban J connectivity index is 1.64. The highest BCUT2D eigenvalue weighted by molar-refractivity contribution is 5.77. The first-order valence-corrected chi connectivity index (χ1v) is 7.25. The SMILES string of the molecule is CCc1nccn1CC(=O)N1CC[C@@]2(CN(C)C(=O)O2)C1. The van der Waals surface area contributed by atoms with Crippen LogP contribution in [0.1, 0.15) is 19.2 Å². The average Bonchev–Trinajstić information content (AvgIpc) is 3.11. The van der Waals surface area contributed by atoms with Gasteiger partial charge in [-0.05, 0) is 0 Å². The lowest BCUT2D eigenvalue weighted by Gasteiger charge is -2.22. The number of hydrogen-bond acceptors (Lipinski definition) is 4. The van der Waals surface area contributed by atoms with Crippen LogP contribution in [0.15, 0.2) is 12.4 Å². The van der Waals surface area contributed by atoms with Crippen LogP contribution in [0.3, 0.4) is 0 Å². The highest BCUT2D eigenvalue weighted by atomic mass is 16.6. The van der Waals surface area contributed by atoms with Gasteiger partial charge < -0.3 is 19.1 Å². The molecule has 7 nitrogen and oxygen atoms in total. The third kappa shape index (κ3) is 2.48. The van der Waals surface area contributed by atoms with Crippen molar-refractivity contribution in [2.75, 3.05) is 26.7 Å². The Morgan fingerprint density at radius 1 is 1.48 bits per heavy atom. The molecule has 0 unspecified atom stereocenters. The van der Waals surface area contributed by atoms with Crippen LogP contribution in [0.5, 0.6) is 0 Å². The lowest BCUT2D eigenvalue weighted by Crippen LogP contribution is -2.40. The fraction of sp³-hybridized carbons (Fsp3) is 0.643. The molecule has 1 aromatic heterocycles. The Labute approximate surface area is 123 Å². The van der Waals surface area contributed by atoms with Gasteiger partial charge in [-0.15, -0.1) is 0 Å². The normalized spacial score (nSPS) is 25.0. The van der Waals surface area contributed by atoms with Crippen molar-refractivity contribution in [2.24, 2.45) is 0 Å². The van der Waals surface area contributed by atoms with Crippen molar-refractivity contribution in [1.29, 1.82) is 0 Å². The monoisotopic (exact) mass is 292 g/mol. The minimum absolute atomic E-state index is 0.0465. The summed E-state index contributed by atoms with van der Waals surface area (Å²) in [5.74, 6) is 0.953. The van der Waals surface area contributed by atoms with Crippen LogP contribution in [-0.2, 0) is 22.5 Å². The molecule has 3 rings (SSSR count). The summed E-state index contributed by atoms with van der Waals surface area (Å²) in [6, 6.07) is 0. The molecular formula is C14H20N4O3. The number of imidazole rings is 1. The number of hydrogen-bond donors (Lipinski definition) is 0. The van der Waals surface area contributed by atoms with E-state index in [0.29, 0.717) is 32.6 Å². The number of aromatic nitrogens is 2. The molecule has 1 atom stereocenters. The molecule has 21 heavy (non-hydrogen) atoms. The molecule has 0 saturated carbocycles. The van der Waals surface area contributed by atoms with Gasteiger partial charge in [-0.1, -0.05) is 6.92 Å². The lowest BCUT2D eigenvalue weighted by molar-refractivity contribution is -0.131. The Hall–Kier alpha value is -2.05. The number of amides is 2. The van der Waals surface area contributed by atoms with Crippen LogP contribution in [0.4, 0.5) is 4.79 Å². The van der Waals surface area contributed by atoms with Crippen molar-refractivity contribution >= 4 is 12.0 Å². The van der Waals surface area contributed by atoms with Crippen LogP contribution < -0.4 is 0 Å².